The topological polar surface area (TPSA) is 87.0 Å². The number of pyridine rings is 4. The molecule has 0 fully saturated rings. The molecule has 0 amide bonds. The molecule has 0 saturated carbocycles. The molecule has 8 heterocycles. The van der Waals surface area contributed by atoms with Crippen LogP contribution in [0.2, 0.25) is 0 Å². The van der Waals surface area contributed by atoms with Crippen LogP contribution >= 0.6 is 0 Å². The molecule has 0 bridgehead atoms. The largest absolute Gasteiger partial charge is 0.252 e. The van der Waals surface area contributed by atoms with Gasteiger partial charge in [-0.05, 0) is 98.3 Å². The molecule has 13 heteroatoms. The van der Waals surface area contributed by atoms with E-state index in [1.807, 2.05) is 87.1 Å². The molecule has 8 aromatic carbocycles. The van der Waals surface area contributed by atoms with Gasteiger partial charge in [-0.25, -0.2) is 4.85 Å². The molecule has 107 heavy (non-hydrogen) atoms. The minimum Gasteiger partial charge on any atom is -0.252 e. The first-order valence-corrected chi connectivity index (χ1v) is 36.4. The lowest BCUT2D eigenvalue weighted by atomic mass is 9.85. The van der Waals surface area contributed by atoms with Crippen LogP contribution in [0.15, 0.2) is 275 Å². The molecule has 0 saturated heterocycles. The lowest BCUT2D eigenvalue weighted by Crippen LogP contribution is -2.40. The van der Waals surface area contributed by atoms with Crippen molar-refractivity contribution in [2.45, 2.75) is 116 Å². The van der Waals surface area contributed by atoms with Crippen molar-refractivity contribution in [2.24, 2.45) is 0 Å². The van der Waals surface area contributed by atoms with Gasteiger partial charge in [0.05, 0.1) is 83.8 Å². The first kappa shape index (κ1) is 72.6. The number of fused-ring (bicyclic) bond motifs is 4. The summed E-state index contributed by atoms with van der Waals surface area (Å²) in [7, 11) is 0. The lowest BCUT2D eigenvalue weighted by Gasteiger charge is -2.20. The maximum atomic E-state index is 7.60. The molecule has 16 rings (SSSR count). The van der Waals surface area contributed by atoms with Gasteiger partial charge in [0.1, 0.15) is 0 Å². The maximum absolute atomic E-state index is 7.60. The highest BCUT2D eigenvalue weighted by Gasteiger charge is 2.32. The van der Waals surface area contributed by atoms with E-state index >= 15 is 0 Å². The van der Waals surface area contributed by atoms with Crippen molar-refractivity contribution in [2.75, 3.05) is 0 Å². The fourth-order valence-electron chi connectivity index (χ4n) is 14.5. The third kappa shape index (κ3) is 14.9. The second-order valence-electron chi connectivity index (χ2n) is 28.8. The van der Waals surface area contributed by atoms with Gasteiger partial charge < -0.3 is 0 Å². The van der Waals surface area contributed by atoms with Crippen molar-refractivity contribution in [3.63, 3.8) is 0 Å². The molecular formula is C94H93N13+8. The van der Waals surface area contributed by atoms with Crippen LogP contribution in [-0.2, 0) is 5.41 Å². The van der Waals surface area contributed by atoms with E-state index in [1.54, 1.807) is 6.20 Å². The third-order valence-electron chi connectivity index (χ3n) is 20.4. The van der Waals surface area contributed by atoms with Crippen LogP contribution in [0.25, 0.3) is 93.7 Å². The van der Waals surface area contributed by atoms with Crippen molar-refractivity contribution >= 4 is 49.0 Å². The van der Waals surface area contributed by atoms with Gasteiger partial charge in [0.2, 0.25) is 79.3 Å². The Morgan fingerprint density at radius 3 is 1.21 bits per heavy atom. The summed E-state index contributed by atoms with van der Waals surface area (Å²) in [5.41, 5.74) is 28.9. The van der Waals surface area contributed by atoms with Crippen molar-refractivity contribution < 1.29 is 36.5 Å². The smallest absolute Gasteiger partial charge is 0.228 e. The van der Waals surface area contributed by atoms with Crippen LogP contribution in [0.5, 0.6) is 0 Å². The molecule has 8 aromatic heterocycles. The number of rotatable bonds is 8. The third-order valence-corrected chi connectivity index (χ3v) is 20.4. The van der Waals surface area contributed by atoms with Gasteiger partial charge in [0, 0.05) is 156 Å². The van der Waals surface area contributed by atoms with E-state index in [2.05, 4.69) is 354 Å². The zero-order chi connectivity index (χ0) is 75.4. The van der Waals surface area contributed by atoms with Crippen LogP contribution in [0.4, 0.5) is 5.69 Å². The van der Waals surface area contributed by atoms with Crippen LogP contribution in [-0.4, -0.2) is 19.9 Å². The molecule has 0 radical (unpaired) electrons. The number of benzene rings is 8. The number of hydrogen-bond acceptors (Lipinski definition) is 4. The van der Waals surface area contributed by atoms with E-state index in [4.69, 9.17) is 6.57 Å². The molecule has 0 aliphatic rings. The Balaban J connectivity index is 0.000000126. The van der Waals surface area contributed by atoms with Crippen molar-refractivity contribution in [1.29, 1.82) is 0 Å². The summed E-state index contributed by atoms with van der Waals surface area (Å²) in [6, 6.07) is 66.6. The molecule has 0 spiro atoms. The summed E-state index contributed by atoms with van der Waals surface area (Å²) in [4.78, 5) is 20.7. The minimum absolute atomic E-state index is 0.0394. The van der Waals surface area contributed by atoms with E-state index in [0.717, 1.165) is 50.9 Å². The molecule has 0 aliphatic carbocycles. The van der Waals surface area contributed by atoms with Gasteiger partial charge in [-0.15, -0.1) is 0 Å². The molecule has 13 nitrogen and oxygen atoms in total. The Bertz CT molecular complexity index is 6140. The number of hydrogen-bond donors (Lipinski definition) is 0. The summed E-state index contributed by atoms with van der Waals surface area (Å²) < 4.78 is 17.9. The van der Waals surface area contributed by atoms with Crippen LogP contribution in [0.1, 0.15) is 99.7 Å². The number of aromatic nitrogens is 12. The molecule has 0 N–H and O–H groups in total. The van der Waals surface area contributed by atoms with Gasteiger partial charge in [-0.2, -0.15) is 36.5 Å². The highest BCUT2D eigenvalue weighted by molar-refractivity contribution is 5.92. The van der Waals surface area contributed by atoms with Gasteiger partial charge in [-0.3, -0.25) is 19.9 Å². The van der Waals surface area contributed by atoms with Crippen LogP contribution < -0.4 is 36.5 Å². The lowest BCUT2D eigenvalue weighted by molar-refractivity contribution is -0.611. The van der Waals surface area contributed by atoms with Gasteiger partial charge >= 0.3 is 0 Å². The zero-order valence-corrected chi connectivity index (χ0v) is 64.3. The summed E-state index contributed by atoms with van der Waals surface area (Å²) >= 11 is 0. The Labute approximate surface area is 628 Å². The highest BCUT2D eigenvalue weighted by Crippen LogP contribution is 2.32. The Morgan fingerprint density at radius 1 is 0.308 bits per heavy atom. The normalized spacial score (nSPS) is 11.2. The molecule has 16 aromatic rings. The summed E-state index contributed by atoms with van der Waals surface area (Å²) in [5, 5.41) is 7.42. The van der Waals surface area contributed by atoms with E-state index < -0.39 is 0 Å². The maximum Gasteiger partial charge on any atom is 0.228 e. The molecule has 0 aliphatic heterocycles. The molecule has 526 valence electrons. The van der Waals surface area contributed by atoms with Crippen LogP contribution in [0.3, 0.4) is 0 Å². The predicted octanol–water partition coefficient (Wildman–Crippen LogP) is 17.0. The van der Waals surface area contributed by atoms with E-state index in [-0.39, 0.29) is 5.41 Å². The summed E-state index contributed by atoms with van der Waals surface area (Å²) in [6.07, 6.45) is 27.3. The number of aryl methyl sites for hydroxylation is 9. The van der Waals surface area contributed by atoms with E-state index in [1.165, 1.54) is 117 Å². The minimum atomic E-state index is 0.0394. The fraction of sp³-hybridized carbons (Fsp3) is 0.181. The van der Waals surface area contributed by atoms with Gasteiger partial charge in [0.25, 0.3) is 0 Å². The Morgan fingerprint density at radius 2 is 0.710 bits per heavy atom. The summed E-state index contributed by atoms with van der Waals surface area (Å²) in [5.74, 6) is 0. The zero-order valence-electron chi connectivity index (χ0n) is 64.3. The van der Waals surface area contributed by atoms with E-state index in [0.29, 0.717) is 5.69 Å². The quantitative estimate of drug-likeness (QED) is 0.112. The average molecular weight is 1400 g/mol. The predicted molar refractivity (Wildman–Crippen MR) is 426 cm³/mol. The molecule has 0 atom stereocenters. The number of para-hydroxylation sites is 2. The second-order valence-corrected chi connectivity index (χ2v) is 28.8. The first-order chi connectivity index (χ1) is 51.6. The fourth-order valence-corrected chi connectivity index (χ4v) is 14.5. The Kier molecular flexibility index (Phi) is 20.9. The second kappa shape index (κ2) is 30.9. The van der Waals surface area contributed by atoms with Crippen LogP contribution in [0, 0.1) is 96.6 Å². The first-order valence-electron chi connectivity index (χ1n) is 36.4. The van der Waals surface area contributed by atoms with Crippen molar-refractivity contribution in [3.8, 4) is 45.5 Å². The van der Waals surface area contributed by atoms with Crippen molar-refractivity contribution in [3.05, 3.63) is 365 Å². The molecule has 0 unspecified atom stereocenters. The highest BCUT2D eigenvalue weighted by atomic mass is 15.1. The molecular weight excluding hydrogens is 1310 g/mol. The number of nitrogens with zero attached hydrogens (tertiary/aromatic N) is 13. The SMILES string of the molecule is Cc1c(-[n+]2ccncc2C)cc(C(C)(C)C)cc1-[n+]1c(C)ccc2ccccc21.Cc1c(-[n+]2ccncc2C)cc2ccccc2c1-[n+]1ccccc1C.Cc1cc(-[n+]2ccncc2C)c(C)c(-[n+]2cc3ccccc3cc2C)c1.[C-]#[N+]c1cc(-[n+]2ccncc2C)c(C)c(-[n+]2c(C)ccc3ccccc32)c1. The standard InChI is InChI=1S/C26H29N3.C23H20N4.C23H23N3.C22H21N3/c1-18-11-12-21-9-7-8-10-23(21)29(18)25-16-22(26(4,5)6)15-24(20(25)3)28-14-13-27-17-19(28)2;1-16-9-10-19-7-5-6-8-21(19)27(16)23-14-20(24-4)13-22(18(23)3)26-12-11-25-15-17(26)2;1-16-11-22(25-10-9-24-14-18(25)3)19(4)23(12-16)26-15-21-8-6-5-7-20(21)13-17(26)2;1-16-8-6-7-12-25(16)22-18(3)21(24-13-11-23-15-17(24)2)14-19-9-4-5-10-20(19)22/h7-17H,1-6H3;5-15H,1-3H3;5-15H,1-4H3;4-15H,1-3H3/q4*+2. The van der Waals surface area contributed by atoms with Gasteiger partial charge in [-0.1, -0.05) is 87.5 Å². The van der Waals surface area contributed by atoms with Crippen molar-refractivity contribution in [1.82, 2.24) is 19.9 Å². The van der Waals surface area contributed by atoms with Gasteiger partial charge in [0.15, 0.2) is 65.6 Å². The average Bonchev–Trinajstić information content (AvgIpc) is 0.771. The monoisotopic (exact) mass is 1400 g/mol. The summed E-state index contributed by atoms with van der Waals surface area (Å²) in [6.45, 7) is 42.2. The van der Waals surface area contributed by atoms with E-state index in [9.17, 15) is 0 Å². The Hall–Kier alpha value is -12.8.